The van der Waals surface area contributed by atoms with Gasteiger partial charge in [-0.3, -0.25) is 10.6 Å². The molecule has 0 heterocycles. The lowest BCUT2D eigenvalue weighted by molar-refractivity contribution is -0.311. The van der Waals surface area contributed by atoms with Crippen molar-refractivity contribution < 1.29 is 15.6 Å². The third-order valence-corrected chi connectivity index (χ3v) is 3.07. The van der Waals surface area contributed by atoms with Gasteiger partial charge in [0.2, 0.25) is 0 Å². The highest BCUT2D eigenvalue weighted by Crippen LogP contribution is 2.22. The molecular formula is C13H21N2O2+. The molecule has 4 nitrogen and oxygen atoms in total. The molecular weight excluding hydrogens is 216 g/mol. The van der Waals surface area contributed by atoms with Crippen molar-refractivity contribution in [3.8, 4) is 5.75 Å². The topological polar surface area (TPSA) is 68.2 Å². The number of aromatic hydroxyl groups is 1. The monoisotopic (exact) mass is 237 g/mol. The summed E-state index contributed by atoms with van der Waals surface area (Å²) in [5.74, 6) is 0.188. The van der Waals surface area contributed by atoms with Gasteiger partial charge in [0.15, 0.2) is 0 Å². The minimum absolute atomic E-state index is 0.0816. The average molecular weight is 237 g/mol. The molecule has 94 valence electrons. The molecule has 0 fully saturated rings. The van der Waals surface area contributed by atoms with Gasteiger partial charge in [0.25, 0.3) is 0 Å². The lowest BCUT2D eigenvalue weighted by Crippen LogP contribution is -2.65. The summed E-state index contributed by atoms with van der Waals surface area (Å²) in [7, 11) is 3.75. The number of aryl methyl sites for hydroxylation is 2. The van der Waals surface area contributed by atoms with Gasteiger partial charge >= 0.3 is 5.91 Å². The molecule has 0 spiro atoms. The summed E-state index contributed by atoms with van der Waals surface area (Å²) in [6, 6.07) is 3.24. The minimum Gasteiger partial charge on any atom is -0.508 e. The molecule has 0 radical (unpaired) electrons. The van der Waals surface area contributed by atoms with Gasteiger partial charge in [0, 0.05) is 6.42 Å². The van der Waals surface area contributed by atoms with E-state index in [4.69, 9.17) is 0 Å². The summed E-state index contributed by atoms with van der Waals surface area (Å²) < 4.78 is 0. The van der Waals surface area contributed by atoms with Crippen LogP contribution in [0.3, 0.4) is 0 Å². The molecule has 0 aromatic heterocycles. The Morgan fingerprint density at radius 1 is 1.35 bits per heavy atom. The first-order chi connectivity index (χ1) is 7.82. The molecule has 1 aromatic rings. The molecule has 0 saturated carbocycles. The Morgan fingerprint density at radius 2 is 1.82 bits per heavy atom. The maximum absolute atomic E-state index is 11.5. The number of likely N-dealkylation sites (N-methyl/N-ethyl adjacent to an activating group) is 1. The lowest BCUT2D eigenvalue weighted by Gasteiger charge is -2.21. The van der Waals surface area contributed by atoms with Crippen LogP contribution in [0.2, 0.25) is 0 Å². The predicted molar refractivity (Wildman–Crippen MR) is 66.7 cm³/mol. The Kier molecular flexibility index (Phi) is 4.26. The van der Waals surface area contributed by atoms with Crippen LogP contribution >= 0.6 is 0 Å². The van der Waals surface area contributed by atoms with E-state index in [0.29, 0.717) is 6.42 Å². The molecule has 0 aliphatic heterocycles. The van der Waals surface area contributed by atoms with Crippen LogP contribution in [0.5, 0.6) is 5.75 Å². The standard InChI is InChI=1S/C13H20N2O2/c1-8-5-10(16)6-9(2)11(8)7-12(13(14)17)15(3)4/h5-6,12,16H,7H2,1-4H3,(H2,14,17)/p+1. The van der Waals surface area contributed by atoms with Crippen LogP contribution in [-0.2, 0) is 11.2 Å². The van der Waals surface area contributed by atoms with E-state index in [1.54, 1.807) is 12.1 Å². The van der Waals surface area contributed by atoms with Crippen molar-refractivity contribution in [2.45, 2.75) is 26.3 Å². The minimum atomic E-state index is -0.211. The first-order valence-electron chi connectivity index (χ1n) is 5.64. The van der Waals surface area contributed by atoms with Crippen LogP contribution in [-0.4, -0.2) is 36.1 Å². The molecule has 0 bridgehead atoms. The summed E-state index contributed by atoms with van der Waals surface area (Å²) in [6.07, 6.45) is 0.632. The van der Waals surface area contributed by atoms with Crippen molar-refractivity contribution >= 4 is 5.91 Å². The van der Waals surface area contributed by atoms with Gasteiger partial charge in [-0.1, -0.05) is 0 Å². The molecule has 17 heavy (non-hydrogen) atoms. The summed E-state index contributed by atoms with van der Waals surface area (Å²) in [4.78, 5) is 13.4. The Balaban J connectivity index is 3.05. The van der Waals surface area contributed by atoms with E-state index in [1.807, 2.05) is 32.8 Å². The van der Waals surface area contributed by atoms with E-state index < -0.39 is 0 Å². The molecule has 0 aliphatic rings. The van der Waals surface area contributed by atoms with Crippen LogP contribution in [0, 0.1) is 13.8 Å². The molecule has 4 N–H and O–H groups in total. The van der Waals surface area contributed by atoms with Gasteiger partial charge in [-0.25, -0.2) is 4.79 Å². The molecule has 1 unspecified atom stereocenters. The second-order valence-electron chi connectivity index (χ2n) is 4.71. The Hall–Kier alpha value is -1.39. The SMILES string of the molecule is Cc1cc(O)cc(C)c1CC(C([NH3+])=O)N(C)C. The molecule has 1 rings (SSSR count). The molecule has 0 aliphatic carbocycles. The fourth-order valence-corrected chi connectivity index (χ4v) is 2.07. The van der Waals surface area contributed by atoms with Gasteiger partial charge in [0.1, 0.15) is 11.8 Å². The van der Waals surface area contributed by atoms with Crippen molar-refractivity contribution in [3.05, 3.63) is 28.8 Å². The molecule has 1 atom stereocenters. The number of phenols is 1. The Morgan fingerprint density at radius 3 is 2.18 bits per heavy atom. The fraction of sp³-hybridized carbons (Fsp3) is 0.462. The third kappa shape index (κ3) is 3.28. The van der Waals surface area contributed by atoms with Crippen LogP contribution in [0.15, 0.2) is 12.1 Å². The highest BCUT2D eigenvalue weighted by Gasteiger charge is 2.23. The summed E-state index contributed by atoms with van der Waals surface area (Å²) >= 11 is 0. The number of quaternary nitrogens is 1. The zero-order valence-electron chi connectivity index (χ0n) is 10.9. The number of amides is 1. The van der Waals surface area contributed by atoms with Gasteiger partial charge in [-0.2, -0.15) is 0 Å². The highest BCUT2D eigenvalue weighted by atomic mass is 16.3. The number of nitrogens with zero attached hydrogens (tertiary/aromatic N) is 1. The summed E-state index contributed by atoms with van der Waals surface area (Å²) in [5.41, 5.74) is 6.63. The van der Waals surface area contributed by atoms with Crippen molar-refractivity contribution in [3.63, 3.8) is 0 Å². The molecule has 1 aromatic carbocycles. The van der Waals surface area contributed by atoms with E-state index in [1.165, 1.54) is 0 Å². The second kappa shape index (κ2) is 5.29. The van der Waals surface area contributed by atoms with Gasteiger partial charge in [-0.05, 0) is 56.8 Å². The lowest BCUT2D eigenvalue weighted by atomic mass is 9.95. The first kappa shape index (κ1) is 13.7. The maximum atomic E-state index is 11.5. The van der Waals surface area contributed by atoms with Crippen molar-refractivity contribution in [1.29, 1.82) is 0 Å². The normalized spacial score (nSPS) is 12.8. The van der Waals surface area contributed by atoms with E-state index in [-0.39, 0.29) is 17.7 Å². The van der Waals surface area contributed by atoms with Crippen molar-refractivity contribution in [1.82, 2.24) is 4.90 Å². The van der Waals surface area contributed by atoms with Crippen LogP contribution in [0.4, 0.5) is 0 Å². The summed E-state index contributed by atoms with van der Waals surface area (Å²) in [6.45, 7) is 3.89. The van der Waals surface area contributed by atoms with E-state index in [0.717, 1.165) is 16.7 Å². The van der Waals surface area contributed by atoms with Crippen molar-refractivity contribution in [2.75, 3.05) is 14.1 Å². The van der Waals surface area contributed by atoms with E-state index in [9.17, 15) is 9.90 Å². The molecule has 1 amide bonds. The number of hydrogen-bond acceptors (Lipinski definition) is 3. The second-order valence-corrected chi connectivity index (χ2v) is 4.71. The van der Waals surface area contributed by atoms with Crippen molar-refractivity contribution in [2.24, 2.45) is 0 Å². The van der Waals surface area contributed by atoms with Gasteiger partial charge in [0.05, 0.1) is 0 Å². The molecule has 0 saturated heterocycles. The van der Waals surface area contributed by atoms with Crippen LogP contribution in [0.1, 0.15) is 16.7 Å². The number of benzene rings is 1. The smallest absolute Gasteiger partial charge is 0.326 e. The van der Waals surface area contributed by atoms with Crippen LogP contribution < -0.4 is 5.73 Å². The Labute approximate surface area is 102 Å². The fourth-order valence-electron chi connectivity index (χ4n) is 2.07. The highest BCUT2D eigenvalue weighted by molar-refractivity contribution is 5.71. The third-order valence-electron chi connectivity index (χ3n) is 3.07. The largest absolute Gasteiger partial charge is 0.508 e. The number of phenolic OH excluding ortho intramolecular Hbond substituents is 1. The quantitative estimate of drug-likeness (QED) is 0.789. The number of rotatable bonds is 4. The predicted octanol–water partition coefficient (Wildman–Crippen LogP) is 0.250. The zero-order chi connectivity index (χ0) is 13.2. The summed E-state index contributed by atoms with van der Waals surface area (Å²) in [5, 5.41) is 9.48. The average Bonchev–Trinajstić information content (AvgIpc) is 2.14. The van der Waals surface area contributed by atoms with Gasteiger partial charge < -0.3 is 5.11 Å². The van der Waals surface area contributed by atoms with Crippen LogP contribution in [0.25, 0.3) is 0 Å². The number of carbonyl (C=O) groups excluding carboxylic acids is 1. The van der Waals surface area contributed by atoms with Gasteiger partial charge in [-0.15, -0.1) is 0 Å². The number of hydrogen-bond donors (Lipinski definition) is 2. The zero-order valence-corrected chi connectivity index (χ0v) is 10.9. The first-order valence-corrected chi connectivity index (χ1v) is 5.64. The molecule has 4 heteroatoms. The maximum Gasteiger partial charge on any atom is 0.326 e. The van der Waals surface area contributed by atoms with E-state index in [2.05, 4.69) is 5.73 Å². The Bertz CT molecular complexity index is 404. The number of carbonyl (C=O) groups is 1. The van der Waals surface area contributed by atoms with E-state index >= 15 is 0 Å².